The second kappa shape index (κ2) is 15.8. The molecule has 0 heterocycles. The molecule has 6 nitrogen and oxygen atoms in total. The van der Waals surface area contributed by atoms with Crippen molar-refractivity contribution >= 4 is 47.4 Å². The van der Waals surface area contributed by atoms with Gasteiger partial charge in [-0.25, -0.2) is 0 Å². The van der Waals surface area contributed by atoms with Crippen LogP contribution in [0.4, 0.5) is 0 Å². The third kappa shape index (κ3) is 10.5. The molecule has 28 heavy (non-hydrogen) atoms. The Hall–Kier alpha value is -1.06. The van der Waals surface area contributed by atoms with Gasteiger partial charge in [-0.1, -0.05) is 37.6 Å². The van der Waals surface area contributed by atoms with Crippen LogP contribution in [0.15, 0.2) is 29.3 Å². The summed E-state index contributed by atoms with van der Waals surface area (Å²) in [5, 5.41) is 9.93. The van der Waals surface area contributed by atoms with Crippen LogP contribution in [0, 0.1) is 0 Å². The van der Waals surface area contributed by atoms with Crippen molar-refractivity contribution in [3.05, 3.63) is 34.9 Å². The van der Waals surface area contributed by atoms with Crippen molar-refractivity contribution in [3.8, 4) is 0 Å². The number of nitrogens with one attached hydrogen (secondary N) is 3. The fourth-order valence-corrected chi connectivity index (χ4v) is 2.98. The molecule has 3 N–H and O–H groups in total. The standard InChI is InChI=1S/C20H34ClN5O.HI/c1-5-26(6-2)15-9-10-16(3)25-20(22-4)24-14-13-23-19(27)17-11-7-8-12-18(17)21;/h7-8,11-12,16H,5-6,9-10,13-15H2,1-4H3,(H,23,27)(H2,22,24,25);1H. The van der Waals surface area contributed by atoms with Gasteiger partial charge in [0.15, 0.2) is 5.96 Å². The number of hydrogen-bond donors (Lipinski definition) is 3. The Morgan fingerprint density at radius 2 is 1.82 bits per heavy atom. The van der Waals surface area contributed by atoms with Gasteiger partial charge in [0.1, 0.15) is 0 Å². The number of carbonyl (C=O) groups is 1. The van der Waals surface area contributed by atoms with Crippen molar-refractivity contribution in [1.82, 2.24) is 20.9 Å². The highest BCUT2D eigenvalue weighted by Crippen LogP contribution is 2.14. The second-order valence-electron chi connectivity index (χ2n) is 6.45. The van der Waals surface area contributed by atoms with Gasteiger partial charge in [0.25, 0.3) is 5.91 Å². The van der Waals surface area contributed by atoms with E-state index in [0.717, 1.165) is 38.4 Å². The topological polar surface area (TPSA) is 68.8 Å². The predicted octanol–water partition coefficient (Wildman–Crippen LogP) is 3.36. The quantitative estimate of drug-likeness (QED) is 0.180. The Kier molecular flexibility index (Phi) is 15.2. The molecular weight excluding hydrogens is 489 g/mol. The number of hydrogen-bond acceptors (Lipinski definition) is 3. The van der Waals surface area contributed by atoms with Crippen molar-refractivity contribution < 1.29 is 4.79 Å². The maximum atomic E-state index is 12.1. The lowest BCUT2D eigenvalue weighted by atomic mass is 10.2. The van der Waals surface area contributed by atoms with Gasteiger partial charge in [0, 0.05) is 26.2 Å². The van der Waals surface area contributed by atoms with Crippen molar-refractivity contribution in [2.24, 2.45) is 4.99 Å². The number of rotatable bonds is 11. The number of halogens is 2. The molecule has 0 aromatic heterocycles. The van der Waals surface area contributed by atoms with Gasteiger partial charge in [-0.2, -0.15) is 0 Å². The number of nitrogens with zero attached hydrogens (tertiary/aromatic N) is 2. The van der Waals surface area contributed by atoms with E-state index in [9.17, 15) is 4.79 Å². The summed E-state index contributed by atoms with van der Waals surface area (Å²) < 4.78 is 0. The SMILES string of the molecule is CCN(CC)CCCC(C)NC(=NC)NCCNC(=O)c1ccccc1Cl.I. The van der Waals surface area contributed by atoms with Crippen LogP contribution >= 0.6 is 35.6 Å². The van der Waals surface area contributed by atoms with Gasteiger partial charge >= 0.3 is 0 Å². The van der Waals surface area contributed by atoms with E-state index >= 15 is 0 Å². The first-order chi connectivity index (χ1) is 13.0. The fraction of sp³-hybridized carbons (Fsp3) is 0.600. The van der Waals surface area contributed by atoms with Crippen molar-refractivity contribution in [1.29, 1.82) is 0 Å². The summed E-state index contributed by atoms with van der Waals surface area (Å²) in [6, 6.07) is 7.36. The minimum absolute atomic E-state index is 0. The molecule has 1 aromatic carbocycles. The van der Waals surface area contributed by atoms with Crippen molar-refractivity contribution in [2.75, 3.05) is 39.8 Å². The summed E-state index contributed by atoms with van der Waals surface area (Å²) in [5.41, 5.74) is 0.489. The minimum atomic E-state index is -0.171. The molecule has 1 rings (SSSR count). The zero-order valence-electron chi connectivity index (χ0n) is 17.4. The van der Waals surface area contributed by atoms with Crippen LogP contribution in [0.2, 0.25) is 5.02 Å². The van der Waals surface area contributed by atoms with Crippen LogP contribution in [0.3, 0.4) is 0 Å². The average molecular weight is 524 g/mol. The maximum Gasteiger partial charge on any atom is 0.252 e. The molecule has 0 saturated heterocycles. The maximum absolute atomic E-state index is 12.1. The lowest BCUT2D eigenvalue weighted by Gasteiger charge is -2.21. The van der Waals surface area contributed by atoms with E-state index in [-0.39, 0.29) is 29.9 Å². The van der Waals surface area contributed by atoms with Crippen LogP contribution in [0.5, 0.6) is 0 Å². The van der Waals surface area contributed by atoms with Gasteiger partial charge in [-0.3, -0.25) is 9.79 Å². The van der Waals surface area contributed by atoms with Gasteiger partial charge in [0.2, 0.25) is 0 Å². The van der Waals surface area contributed by atoms with E-state index in [1.54, 1.807) is 31.3 Å². The number of aliphatic imine (C=N–C) groups is 1. The zero-order chi connectivity index (χ0) is 20.1. The first-order valence-corrected chi connectivity index (χ1v) is 10.1. The van der Waals surface area contributed by atoms with Crippen LogP contribution in [0.25, 0.3) is 0 Å². The largest absolute Gasteiger partial charge is 0.355 e. The lowest BCUT2D eigenvalue weighted by Crippen LogP contribution is -2.45. The average Bonchev–Trinajstić information content (AvgIpc) is 2.67. The lowest BCUT2D eigenvalue weighted by molar-refractivity contribution is 0.0954. The van der Waals surface area contributed by atoms with Crippen LogP contribution in [-0.2, 0) is 0 Å². The Balaban J connectivity index is 0.00000729. The molecule has 0 aliphatic rings. The smallest absolute Gasteiger partial charge is 0.252 e. The second-order valence-corrected chi connectivity index (χ2v) is 6.86. The number of guanidine groups is 1. The van der Waals surface area contributed by atoms with Gasteiger partial charge < -0.3 is 20.9 Å². The summed E-state index contributed by atoms with van der Waals surface area (Å²) in [7, 11) is 1.75. The number of benzene rings is 1. The summed E-state index contributed by atoms with van der Waals surface area (Å²) in [6.07, 6.45) is 2.24. The monoisotopic (exact) mass is 523 g/mol. The van der Waals surface area contributed by atoms with Crippen LogP contribution in [0.1, 0.15) is 44.0 Å². The molecule has 0 bridgehead atoms. The molecule has 1 aromatic rings. The molecule has 0 aliphatic heterocycles. The molecule has 0 fully saturated rings. The van der Waals surface area contributed by atoms with E-state index in [0.29, 0.717) is 29.7 Å². The highest BCUT2D eigenvalue weighted by molar-refractivity contribution is 14.0. The van der Waals surface area contributed by atoms with Gasteiger partial charge in [0.05, 0.1) is 10.6 Å². The van der Waals surface area contributed by atoms with E-state index in [2.05, 4.69) is 46.6 Å². The molecule has 160 valence electrons. The summed E-state index contributed by atoms with van der Waals surface area (Å²) in [4.78, 5) is 18.8. The molecular formula is C20H35ClIN5O. The van der Waals surface area contributed by atoms with E-state index in [1.807, 2.05) is 0 Å². The predicted molar refractivity (Wildman–Crippen MR) is 130 cm³/mol. The Morgan fingerprint density at radius 1 is 1.18 bits per heavy atom. The van der Waals surface area contributed by atoms with Crippen molar-refractivity contribution in [2.45, 2.75) is 39.7 Å². The highest BCUT2D eigenvalue weighted by atomic mass is 127. The highest BCUT2D eigenvalue weighted by Gasteiger charge is 2.09. The summed E-state index contributed by atoms with van der Waals surface area (Å²) >= 11 is 6.03. The fourth-order valence-electron chi connectivity index (χ4n) is 2.76. The Bertz CT molecular complexity index is 596. The van der Waals surface area contributed by atoms with E-state index in [1.165, 1.54) is 0 Å². The summed E-state index contributed by atoms with van der Waals surface area (Å²) in [6.45, 7) is 10.9. The molecule has 0 saturated carbocycles. The van der Waals surface area contributed by atoms with E-state index < -0.39 is 0 Å². The van der Waals surface area contributed by atoms with Crippen LogP contribution in [-0.4, -0.2) is 62.6 Å². The molecule has 0 spiro atoms. The van der Waals surface area contributed by atoms with Gasteiger partial charge in [-0.15, -0.1) is 24.0 Å². The minimum Gasteiger partial charge on any atom is -0.355 e. The number of carbonyl (C=O) groups excluding carboxylic acids is 1. The number of amides is 1. The molecule has 1 unspecified atom stereocenters. The zero-order valence-corrected chi connectivity index (χ0v) is 20.5. The first kappa shape index (κ1) is 26.9. The van der Waals surface area contributed by atoms with E-state index in [4.69, 9.17) is 11.6 Å². The summed E-state index contributed by atoms with van der Waals surface area (Å²) in [5.74, 6) is 0.576. The molecule has 0 radical (unpaired) electrons. The molecule has 1 atom stereocenters. The molecule has 0 aliphatic carbocycles. The van der Waals surface area contributed by atoms with Crippen LogP contribution < -0.4 is 16.0 Å². The normalized spacial score (nSPS) is 12.3. The third-order valence-electron chi connectivity index (χ3n) is 4.43. The third-order valence-corrected chi connectivity index (χ3v) is 4.76. The Morgan fingerprint density at radius 3 is 2.43 bits per heavy atom. The first-order valence-electron chi connectivity index (χ1n) is 9.74. The molecule has 8 heteroatoms. The Labute approximate surface area is 191 Å². The molecule has 1 amide bonds. The van der Waals surface area contributed by atoms with Crippen molar-refractivity contribution in [3.63, 3.8) is 0 Å². The van der Waals surface area contributed by atoms with Gasteiger partial charge in [-0.05, 0) is 51.5 Å².